The average Bonchev–Trinajstić information content (AvgIpc) is 2.71. The lowest BCUT2D eigenvalue weighted by molar-refractivity contribution is 0.0695. The summed E-state index contributed by atoms with van der Waals surface area (Å²) in [5.74, 6) is -0.969. The van der Waals surface area contributed by atoms with Gasteiger partial charge in [-0.15, -0.1) is 0 Å². The van der Waals surface area contributed by atoms with E-state index < -0.39 is 5.97 Å². The van der Waals surface area contributed by atoms with Gasteiger partial charge in [0.1, 0.15) is 5.56 Å². The van der Waals surface area contributed by atoms with E-state index in [1.165, 1.54) is 6.20 Å². The van der Waals surface area contributed by atoms with Crippen LogP contribution in [0.25, 0.3) is 5.69 Å². The lowest BCUT2D eigenvalue weighted by Gasteiger charge is -2.09. The molecule has 0 fully saturated rings. The van der Waals surface area contributed by atoms with E-state index in [0.29, 0.717) is 17.1 Å². The maximum Gasteiger partial charge on any atom is 0.339 e. The van der Waals surface area contributed by atoms with Gasteiger partial charge < -0.3 is 5.11 Å². The van der Waals surface area contributed by atoms with Crippen LogP contribution in [0.5, 0.6) is 0 Å². The summed E-state index contributed by atoms with van der Waals surface area (Å²) in [5.41, 5.74) is 3.54. The van der Waals surface area contributed by atoms with Crippen LogP contribution < -0.4 is 0 Å². The molecule has 0 radical (unpaired) electrons. The van der Waals surface area contributed by atoms with E-state index in [0.717, 1.165) is 16.8 Å². The van der Waals surface area contributed by atoms with Crippen LogP contribution in [0.2, 0.25) is 5.02 Å². The third-order valence-corrected chi connectivity index (χ3v) is 3.27. The van der Waals surface area contributed by atoms with E-state index in [1.54, 1.807) is 4.68 Å². The predicted octanol–water partition coefficient (Wildman–Crippen LogP) is 3.40. The highest BCUT2D eigenvalue weighted by molar-refractivity contribution is 6.32. The average molecular weight is 279 g/mol. The number of rotatable bonds is 3. The Labute approximate surface area is 116 Å². The highest BCUT2D eigenvalue weighted by Gasteiger charge is 2.17. The highest BCUT2D eigenvalue weighted by atomic mass is 35.5. The molecule has 0 aliphatic heterocycles. The third kappa shape index (κ3) is 2.49. The molecule has 0 aliphatic carbocycles. The molecule has 100 valence electrons. The van der Waals surface area contributed by atoms with Crippen LogP contribution in [0.4, 0.5) is 0 Å². The van der Waals surface area contributed by atoms with Crippen LogP contribution in [-0.2, 0) is 6.42 Å². The Balaban J connectivity index is 2.63. The van der Waals surface area contributed by atoms with Crippen LogP contribution in [0.3, 0.4) is 0 Å². The van der Waals surface area contributed by atoms with Gasteiger partial charge in [-0.2, -0.15) is 5.10 Å². The van der Waals surface area contributed by atoms with Crippen molar-refractivity contribution < 1.29 is 9.90 Å². The van der Waals surface area contributed by atoms with Crippen molar-refractivity contribution >= 4 is 17.6 Å². The van der Waals surface area contributed by atoms with Gasteiger partial charge in [0.15, 0.2) is 0 Å². The van der Waals surface area contributed by atoms with Crippen molar-refractivity contribution in [2.24, 2.45) is 0 Å². The fourth-order valence-corrected chi connectivity index (χ4v) is 2.57. The van der Waals surface area contributed by atoms with Gasteiger partial charge in [-0.05, 0) is 37.5 Å². The van der Waals surface area contributed by atoms with Crippen molar-refractivity contribution in [1.82, 2.24) is 9.78 Å². The first-order valence-electron chi connectivity index (χ1n) is 6.03. The molecule has 1 heterocycles. The lowest BCUT2D eigenvalue weighted by atomic mass is 10.1. The number of aromatic carboxylic acids is 1. The van der Waals surface area contributed by atoms with E-state index in [2.05, 4.69) is 5.10 Å². The number of carboxylic acids is 1. The van der Waals surface area contributed by atoms with E-state index in [1.807, 2.05) is 32.9 Å². The van der Waals surface area contributed by atoms with Gasteiger partial charge >= 0.3 is 5.97 Å². The maximum absolute atomic E-state index is 11.2. The largest absolute Gasteiger partial charge is 0.478 e. The molecule has 4 nitrogen and oxygen atoms in total. The van der Waals surface area contributed by atoms with Crippen molar-refractivity contribution in [1.29, 1.82) is 0 Å². The summed E-state index contributed by atoms with van der Waals surface area (Å²) in [5, 5.41) is 14.0. The molecule has 19 heavy (non-hydrogen) atoms. The van der Waals surface area contributed by atoms with Crippen molar-refractivity contribution in [3.05, 3.63) is 45.7 Å². The van der Waals surface area contributed by atoms with Crippen molar-refractivity contribution in [2.45, 2.75) is 27.2 Å². The zero-order valence-corrected chi connectivity index (χ0v) is 11.8. The van der Waals surface area contributed by atoms with Crippen molar-refractivity contribution in [3.8, 4) is 5.69 Å². The molecule has 2 aromatic rings. The SMILES string of the molecule is CCc1nn(-c2c(C)cc(C)cc2Cl)cc1C(=O)O. The highest BCUT2D eigenvalue weighted by Crippen LogP contribution is 2.26. The first kappa shape index (κ1) is 13.6. The Morgan fingerprint density at radius 1 is 1.42 bits per heavy atom. The minimum Gasteiger partial charge on any atom is -0.478 e. The zero-order valence-electron chi connectivity index (χ0n) is 11.1. The minimum atomic E-state index is -0.969. The summed E-state index contributed by atoms with van der Waals surface area (Å²) in [6, 6.07) is 3.84. The Hall–Kier alpha value is -1.81. The third-order valence-electron chi connectivity index (χ3n) is 2.98. The van der Waals surface area contributed by atoms with E-state index in [9.17, 15) is 4.79 Å². The summed E-state index contributed by atoms with van der Waals surface area (Å²) in [4.78, 5) is 11.2. The van der Waals surface area contributed by atoms with Gasteiger partial charge in [0.25, 0.3) is 0 Å². The van der Waals surface area contributed by atoms with Crippen LogP contribution in [-0.4, -0.2) is 20.9 Å². The van der Waals surface area contributed by atoms with E-state index >= 15 is 0 Å². The number of aromatic nitrogens is 2. The zero-order chi connectivity index (χ0) is 14.2. The maximum atomic E-state index is 11.2. The molecule has 0 saturated heterocycles. The molecule has 0 spiro atoms. The number of benzene rings is 1. The number of aryl methyl sites for hydroxylation is 3. The first-order valence-corrected chi connectivity index (χ1v) is 6.40. The molecule has 0 saturated carbocycles. The van der Waals surface area contributed by atoms with Crippen LogP contribution in [0, 0.1) is 13.8 Å². The molecular weight excluding hydrogens is 264 g/mol. The molecule has 0 atom stereocenters. The fraction of sp³-hybridized carbons (Fsp3) is 0.286. The number of carbonyl (C=O) groups is 1. The van der Waals surface area contributed by atoms with Gasteiger partial charge in [-0.1, -0.05) is 24.6 Å². The molecule has 0 amide bonds. The molecular formula is C14H15ClN2O2. The van der Waals surface area contributed by atoms with Crippen LogP contribution in [0.15, 0.2) is 18.3 Å². The van der Waals surface area contributed by atoms with Crippen LogP contribution >= 0.6 is 11.6 Å². The summed E-state index contributed by atoms with van der Waals surface area (Å²) in [6.45, 7) is 5.77. The lowest BCUT2D eigenvalue weighted by Crippen LogP contribution is -2.00. The minimum absolute atomic E-state index is 0.221. The topological polar surface area (TPSA) is 55.1 Å². The van der Waals surface area contributed by atoms with Crippen molar-refractivity contribution in [2.75, 3.05) is 0 Å². The molecule has 0 aliphatic rings. The molecule has 0 unspecified atom stereocenters. The Morgan fingerprint density at radius 3 is 2.58 bits per heavy atom. The van der Waals surface area contributed by atoms with Gasteiger partial charge in [-0.3, -0.25) is 0 Å². The second-order valence-electron chi connectivity index (χ2n) is 4.50. The number of nitrogens with zero attached hydrogens (tertiary/aromatic N) is 2. The number of carboxylic acid groups (broad SMARTS) is 1. The van der Waals surface area contributed by atoms with E-state index in [4.69, 9.17) is 16.7 Å². The summed E-state index contributed by atoms with van der Waals surface area (Å²) in [6.07, 6.45) is 2.09. The number of halogens is 1. The van der Waals surface area contributed by atoms with Gasteiger partial charge in [0.05, 0.1) is 16.4 Å². The molecule has 0 bridgehead atoms. The Kier molecular flexibility index (Phi) is 3.62. The first-order chi connectivity index (χ1) is 8.93. The van der Waals surface area contributed by atoms with Crippen molar-refractivity contribution in [3.63, 3.8) is 0 Å². The second-order valence-corrected chi connectivity index (χ2v) is 4.91. The summed E-state index contributed by atoms with van der Waals surface area (Å²) >= 11 is 6.25. The molecule has 2 rings (SSSR count). The second kappa shape index (κ2) is 5.05. The van der Waals surface area contributed by atoms with Gasteiger partial charge in [0, 0.05) is 6.20 Å². The fourth-order valence-electron chi connectivity index (χ4n) is 2.16. The molecule has 5 heteroatoms. The molecule has 1 aromatic heterocycles. The standard InChI is InChI=1S/C14H15ClN2O2/c1-4-12-10(14(18)19)7-17(16-12)13-9(3)5-8(2)6-11(13)15/h5-7H,4H2,1-3H3,(H,18,19). The molecule has 1 aromatic carbocycles. The quantitative estimate of drug-likeness (QED) is 0.936. The smallest absolute Gasteiger partial charge is 0.339 e. The van der Waals surface area contributed by atoms with Gasteiger partial charge in [-0.25, -0.2) is 9.48 Å². The van der Waals surface area contributed by atoms with Crippen LogP contribution in [0.1, 0.15) is 34.1 Å². The normalized spacial score (nSPS) is 10.7. The summed E-state index contributed by atoms with van der Waals surface area (Å²) < 4.78 is 1.55. The van der Waals surface area contributed by atoms with E-state index in [-0.39, 0.29) is 5.56 Å². The summed E-state index contributed by atoms with van der Waals surface area (Å²) in [7, 11) is 0. The number of hydrogen-bond donors (Lipinski definition) is 1. The Morgan fingerprint density at radius 2 is 2.11 bits per heavy atom. The predicted molar refractivity (Wildman–Crippen MR) is 74.4 cm³/mol. The Bertz CT molecular complexity index is 624. The number of hydrogen-bond acceptors (Lipinski definition) is 2. The van der Waals surface area contributed by atoms with Gasteiger partial charge in [0.2, 0.25) is 0 Å². The monoisotopic (exact) mass is 278 g/mol. The molecule has 1 N–H and O–H groups in total.